The van der Waals surface area contributed by atoms with Crippen LogP contribution in [-0.4, -0.2) is 19.0 Å². The van der Waals surface area contributed by atoms with Crippen molar-refractivity contribution < 1.29 is 18.0 Å². The van der Waals surface area contributed by atoms with E-state index in [1.54, 1.807) is 6.92 Å². The Kier molecular flexibility index (Phi) is 3.30. The van der Waals surface area contributed by atoms with Gasteiger partial charge < -0.3 is 10.6 Å². The van der Waals surface area contributed by atoms with Crippen molar-refractivity contribution in [2.75, 3.05) is 18.4 Å². The van der Waals surface area contributed by atoms with Crippen molar-refractivity contribution in [1.82, 2.24) is 5.32 Å². The van der Waals surface area contributed by atoms with E-state index in [9.17, 15) is 18.0 Å². The van der Waals surface area contributed by atoms with Gasteiger partial charge in [0.2, 0.25) is 5.91 Å². The SMILES string of the molecule is Cc1ccc(C(F)(F)F)cc1NC(=O)C1CNC1. The van der Waals surface area contributed by atoms with Gasteiger partial charge in [0.05, 0.1) is 11.5 Å². The summed E-state index contributed by atoms with van der Waals surface area (Å²) in [6.45, 7) is 2.81. The van der Waals surface area contributed by atoms with Crippen LogP contribution in [0.3, 0.4) is 0 Å². The number of hydrogen-bond acceptors (Lipinski definition) is 2. The fourth-order valence-corrected chi connectivity index (χ4v) is 1.64. The van der Waals surface area contributed by atoms with Crippen LogP contribution < -0.4 is 10.6 Å². The van der Waals surface area contributed by atoms with E-state index in [4.69, 9.17) is 0 Å². The third-order valence-corrected chi connectivity index (χ3v) is 2.98. The van der Waals surface area contributed by atoms with Gasteiger partial charge in [-0.3, -0.25) is 4.79 Å². The molecule has 98 valence electrons. The molecule has 1 aromatic carbocycles. The summed E-state index contributed by atoms with van der Waals surface area (Å²) in [4.78, 5) is 11.7. The zero-order chi connectivity index (χ0) is 13.3. The number of halogens is 3. The van der Waals surface area contributed by atoms with E-state index in [2.05, 4.69) is 10.6 Å². The minimum Gasteiger partial charge on any atom is -0.326 e. The molecule has 1 aliphatic rings. The lowest BCUT2D eigenvalue weighted by Crippen LogP contribution is -2.48. The molecule has 0 bridgehead atoms. The van der Waals surface area contributed by atoms with Crippen molar-refractivity contribution in [2.24, 2.45) is 5.92 Å². The van der Waals surface area contributed by atoms with Crippen LogP contribution in [0.2, 0.25) is 0 Å². The number of carbonyl (C=O) groups excluding carboxylic acids is 1. The smallest absolute Gasteiger partial charge is 0.326 e. The Morgan fingerprint density at radius 2 is 2.06 bits per heavy atom. The third-order valence-electron chi connectivity index (χ3n) is 2.98. The zero-order valence-electron chi connectivity index (χ0n) is 9.77. The van der Waals surface area contributed by atoms with Crippen LogP contribution in [0.5, 0.6) is 0 Å². The minimum atomic E-state index is -4.40. The van der Waals surface area contributed by atoms with Gasteiger partial charge >= 0.3 is 6.18 Å². The molecule has 18 heavy (non-hydrogen) atoms. The molecule has 1 amide bonds. The Balaban J connectivity index is 2.18. The van der Waals surface area contributed by atoms with Gasteiger partial charge in [-0.15, -0.1) is 0 Å². The number of nitrogens with one attached hydrogen (secondary N) is 2. The number of hydrogen-bond donors (Lipinski definition) is 2. The van der Waals surface area contributed by atoms with Crippen molar-refractivity contribution in [3.63, 3.8) is 0 Å². The topological polar surface area (TPSA) is 41.1 Å². The van der Waals surface area contributed by atoms with Gasteiger partial charge in [-0.1, -0.05) is 6.07 Å². The molecule has 6 heteroatoms. The molecule has 1 aliphatic heterocycles. The van der Waals surface area contributed by atoms with Crippen molar-refractivity contribution in [1.29, 1.82) is 0 Å². The normalized spacial score (nSPS) is 16.2. The average molecular weight is 258 g/mol. The summed E-state index contributed by atoms with van der Waals surface area (Å²) in [6.07, 6.45) is -4.40. The Labute approximate surface area is 102 Å². The molecule has 0 spiro atoms. The standard InChI is InChI=1S/C12H13F3N2O/c1-7-2-3-9(12(13,14)15)4-10(7)17-11(18)8-5-16-6-8/h2-4,8,16H,5-6H2,1H3,(H,17,18). The van der Waals surface area contributed by atoms with Crippen LogP contribution in [0.4, 0.5) is 18.9 Å². The first-order chi connectivity index (χ1) is 8.38. The Morgan fingerprint density at radius 1 is 1.39 bits per heavy atom. The first-order valence-electron chi connectivity index (χ1n) is 5.57. The lowest BCUT2D eigenvalue weighted by molar-refractivity contribution is -0.137. The molecule has 0 aromatic heterocycles. The van der Waals surface area contributed by atoms with Crippen LogP contribution in [0.25, 0.3) is 0 Å². The predicted octanol–water partition coefficient (Wildman–Crippen LogP) is 2.17. The van der Waals surface area contributed by atoms with Crippen molar-refractivity contribution in [2.45, 2.75) is 13.1 Å². The summed E-state index contributed by atoms with van der Waals surface area (Å²) in [5, 5.41) is 5.48. The Hall–Kier alpha value is -1.56. The highest BCUT2D eigenvalue weighted by molar-refractivity contribution is 5.94. The lowest BCUT2D eigenvalue weighted by atomic mass is 10.0. The number of amides is 1. The Bertz CT molecular complexity index is 467. The van der Waals surface area contributed by atoms with E-state index in [0.29, 0.717) is 18.7 Å². The van der Waals surface area contributed by atoms with Crippen molar-refractivity contribution in [3.05, 3.63) is 29.3 Å². The molecule has 2 rings (SSSR count). The third kappa shape index (κ3) is 2.64. The van der Waals surface area contributed by atoms with Gasteiger partial charge in [0.25, 0.3) is 0 Å². The molecule has 0 radical (unpaired) electrons. The average Bonchev–Trinajstić information content (AvgIpc) is 2.16. The number of benzene rings is 1. The van der Waals surface area contributed by atoms with E-state index in [1.807, 2.05) is 0 Å². The second-order valence-corrected chi connectivity index (χ2v) is 4.37. The van der Waals surface area contributed by atoms with E-state index in [0.717, 1.165) is 12.1 Å². The van der Waals surface area contributed by atoms with Gasteiger partial charge in [-0.25, -0.2) is 0 Å². The van der Waals surface area contributed by atoms with Crippen LogP contribution in [0.1, 0.15) is 11.1 Å². The summed E-state index contributed by atoms with van der Waals surface area (Å²) in [7, 11) is 0. The van der Waals surface area contributed by atoms with E-state index >= 15 is 0 Å². The van der Waals surface area contributed by atoms with Gasteiger partial charge in [-0.2, -0.15) is 13.2 Å². The maximum atomic E-state index is 12.6. The van der Waals surface area contributed by atoms with E-state index in [1.165, 1.54) is 6.07 Å². The summed E-state index contributed by atoms with van der Waals surface area (Å²) in [6, 6.07) is 3.34. The molecule has 2 N–H and O–H groups in total. The maximum absolute atomic E-state index is 12.6. The maximum Gasteiger partial charge on any atom is 0.416 e. The quantitative estimate of drug-likeness (QED) is 0.853. The molecular weight excluding hydrogens is 245 g/mol. The molecule has 0 aliphatic carbocycles. The highest BCUT2D eigenvalue weighted by atomic mass is 19.4. The van der Waals surface area contributed by atoms with Crippen LogP contribution >= 0.6 is 0 Å². The molecule has 0 unspecified atom stereocenters. The van der Waals surface area contributed by atoms with Gasteiger partial charge in [0.1, 0.15) is 0 Å². The largest absolute Gasteiger partial charge is 0.416 e. The van der Waals surface area contributed by atoms with Gasteiger partial charge in [0.15, 0.2) is 0 Å². The number of rotatable bonds is 2. The van der Waals surface area contributed by atoms with E-state index < -0.39 is 11.7 Å². The molecule has 1 saturated heterocycles. The number of alkyl halides is 3. The van der Waals surface area contributed by atoms with Crippen LogP contribution in [-0.2, 0) is 11.0 Å². The fraction of sp³-hybridized carbons (Fsp3) is 0.417. The fourth-order valence-electron chi connectivity index (χ4n) is 1.64. The molecule has 1 heterocycles. The molecule has 0 saturated carbocycles. The Morgan fingerprint density at radius 3 is 2.56 bits per heavy atom. The van der Waals surface area contributed by atoms with Gasteiger partial charge in [-0.05, 0) is 24.6 Å². The van der Waals surface area contributed by atoms with E-state index in [-0.39, 0.29) is 17.5 Å². The number of anilines is 1. The molecule has 3 nitrogen and oxygen atoms in total. The molecule has 0 atom stereocenters. The predicted molar refractivity (Wildman–Crippen MR) is 61.2 cm³/mol. The minimum absolute atomic E-state index is 0.154. The van der Waals surface area contributed by atoms with Crippen molar-refractivity contribution >= 4 is 11.6 Å². The second-order valence-electron chi connectivity index (χ2n) is 4.37. The molecule has 1 aromatic rings. The number of carbonyl (C=O) groups is 1. The zero-order valence-corrected chi connectivity index (χ0v) is 9.77. The first kappa shape index (κ1) is 12.9. The first-order valence-corrected chi connectivity index (χ1v) is 5.57. The molecular formula is C12H13F3N2O. The molecule has 1 fully saturated rings. The van der Waals surface area contributed by atoms with Gasteiger partial charge in [0, 0.05) is 18.8 Å². The summed E-state index contributed by atoms with van der Waals surface area (Å²) >= 11 is 0. The second kappa shape index (κ2) is 4.61. The highest BCUT2D eigenvalue weighted by Crippen LogP contribution is 2.32. The highest BCUT2D eigenvalue weighted by Gasteiger charge is 2.31. The van der Waals surface area contributed by atoms with Crippen LogP contribution in [0, 0.1) is 12.8 Å². The van der Waals surface area contributed by atoms with Crippen molar-refractivity contribution in [3.8, 4) is 0 Å². The van der Waals surface area contributed by atoms with Crippen LogP contribution in [0.15, 0.2) is 18.2 Å². The summed E-state index contributed by atoms with van der Waals surface area (Å²) in [5.41, 5.74) is 0.0838. The monoisotopic (exact) mass is 258 g/mol. The lowest BCUT2D eigenvalue weighted by Gasteiger charge is -2.26. The summed E-state index contributed by atoms with van der Waals surface area (Å²) in [5.74, 6) is -0.393. The summed E-state index contributed by atoms with van der Waals surface area (Å²) < 4.78 is 37.7. The number of aryl methyl sites for hydroxylation is 1.